The first-order chi connectivity index (χ1) is 7.31. The molecule has 0 aromatic rings. The van der Waals surface area contributed by atoms with Crippen molar-refractivity contribution in [2.75, 3.05) is 13.2 Å². The fraction of sp³-hybridized carbons (Fsp3) is 1.00. The molecule has 1 unspecified atom stereocenters. The predicted octanol–water partition coefficient (Wildman–Crippen LogP) is 4.45. The number of unbranched alkanes of at least 4 members (excludes halogenated alkanes) is 6. The van der Waals surface area contributed by atoms with Crippen LogP contribution in [0.2, 0.25) is 0 Å². The molecule has 3 nitrogen and oxygen atoms in total. The first-order valence-corrected chi connectivity index (χ1v) is 7.13. The van der Waals surface area contributed by atoms with Crippen LogP contribution < -0.4 is 0 Å². The first-order valence-electron chi connectivity index (χ1n) is 6.04. The Labute approximate surface area is 94.5 Å². The van der Waals surface area contributed by atoms with Crippen LogP contribution in [0, 0.1) is 0 Å². The summed E-state index contributed by atoms with van der Waals surface area (Å²) in [5, 5.41) is 0. The highest BCUT2D eigenvalue weighted by molar-refractivity contribution is 7.33. The summed E-state index contributed by atoms with van der Waals surface area (Å²) >= 11 is 0. The lowest BCUT2D eigenvalue weighted by molar-refractivity contribution is 0.229. The molecule has 0 aromatic heterocycles. The third-order valence-electron chi connectivity index (χ3n) is 2.18. The fourth-order valence-electron chi connectivity index (χ4n) is 1.34. The van der Waals surface area contributed by atoms with E-state index in [4.69, 9.17) is 9.05 Å². The quantitative estimate of drug-likeness (QED) is 0.392. The molecule has 0 saturated heterocycles. The standard InChI is InChI=1S/C11H24O3P/c1-3-5-6-7-8-9-10-11-14-15(12)13-4-2/h3-11H2,1-2H3/q+1. The summed E-state index contributed by atoms with van der Waals surface area (Å²) in [4.78, 5) is 0. The Morgan fingerprint density at radius 1 is 0.867 bits per heavy atom. The molecule has 0 aliphatic heterocycles. The summed E-state index contributed by atoms with van der Waals surface area (Å²) in [5.74, 6) is 0. The van der Waals surface area contributed by atoms with Crippen LogP contribution in [-0.4, -0.2) is 13.2 Å². The Hall–Kier alpha value is 0.0200. The van der Waals surface area contributed by atoms with Gasteiger partial charge < -0.3 is 0 Å². The summed E-state index contributed by atoms with van der Waals surface area (Å²) in [6, 6.07) is 0. The second-order valence-electron chi connectivity index (χ2n) is 3.60. The van der Waals surface area contributed by atoms with Crippen LogP contribution in [0.4, 0.5) is 0 Å². The molecule has 90 valence electrons. The van der Waals surface area contributed by atoms with E-state index in [2.05, 4.69) is 6.92 Å². The van der Waals surface area contributed by atoms with Gasteiger partial charge >= 0.3 is 8.25 Å². The maximum atomic E-state index is 10.9. The second-order valence-corrected chi connectivity index (χ2v) is 4.56. The van der Waals surface area contributed by atoms with Gasteiger partial charge in [0.15, 0.2) is 0 Å². The summed E-state index contributed by atoms with van der Waals surface area (Å²) in [5.41, 5.74) is 0. The van der Waals surface area contributed by atoms with Crippen LogP contribution in [0.25, 0.3) is 0 Å². The lowest BCUT2D eigenvalue weighted by Crippen LogP contribution is -1.89. The molecule has 0 radical (unpaired) electrons. The highest BCUT2D eigenvalue weighted by Crippen LogP contribution is 2.23. The fourth-order valence-corrected chi connectivity index (χ4v) is 1.90. The molecule has 4 heteroatoms. The SMILES string of the molecule is CCCCCCCCCO[P+](=O)OCC. The van der Waals surface area contributed by atoms with E-state index >= 15 is 0 Å². The smallest absolute Gasteiger partial charge is 0.119 e. The van der Waals surface area contributed by atoms with Gasteiger partial charge in [-0.3, -0.25) is 0 Å². The Kier molecular flexibility index (Phi) is 12.1. The molecule has 15 heavy (non-hydrogen) atoms. The summed E-state index contributed by atoms with van der Waals surface area (Å²) in [6.45, 7) is 5.04. The number of hydrogen-bond donors (Lipinski definition) is 0. The number of rotatable bonds is 11. The van der Waals surface area contributed by atoms with E-state index in [9.17, 15) is 4.57 Å². The summed E-state index contributed by atoms with van der Waals surface area (Å²) < 4.78 is 20.7. The van der Waals surface area contributed by atoms with Crippen LogP contribution in [-0.2, 0) is 13.6 Å². The summed E-state index contributed by atoms with van der Waals surface area (Å²) in [6.07, 6.45) is 8.69. The lowest BCUT2D eigenvalue weighted by atomic mass is 10.1. The summed E-state index contributed by atoms with van der Waals surface area (Å²) in [7, 11) is -1.86. The Balaban J connectivity index is 3.01. The molecule has 0 rings (SSSR count). The van der Waals surface area contributed by atoms with E-state index in [1.807, 2.05) is 6.92 Å². The zero-order valence-corrected chi connectivity index (χ0v) is 10.9. The average Bonchev–Trinajstić information content (AvgIpc) is 2.22. The monoisotopic (exact) mass is 235 g/mol. The van der Waals surface area contributed by atoms with Gasteiger partial charge in [-0.05, 0) is 13.3 Å². The molecule has 0 saturated carbocycles. The van der Waals surface area contributed by atoms with Crippen molar-refractivity contribution in [3.8, 4) is 0 Å². The highest BCUT2D eigenvalue weighted by atomic mass is 31.1. The molecule has 0 spiro atoms. The minimum atomic E-state index is -1.86. The molecule has 0 bridgehead atoms. The van der Waals surface area contributed by atoms with Crippen molar-refractivity contribution < 1.29 is 13.6 Å². The van der Waals surface area contributed by atoms with Crippen molar-refractivity contribution in [1.82, 2.24) is 0 Å². The van der Waals surface area contributed by atoms with Crippen molar-refractivity contribution in [3.63, 3.8) is 0 Å². The van der Waals surface area contributed by atoms with Crippen molar-refractivity contribution in [2.45, 2.75) is 58.8 Å². The van der Waals surface area contributed by atoms with Gasteiger partial charge in [-0.25, -0.2) is 0 Å². The van der Waals surface area contributed by atoms with Crippen molar-refractivity contribution in [3.05, 3.63) is 0 Å². The molecule has 0 amide bonds. The number of hydrogen-bond acceptors (Lipinski definition) is 3. The van der Waals surface area contributed by atoms with Crippen LogP contribution >= 0.6 is 8.25 Å². The molecular formula is C11H24O3P+. The van der Waals surface area contributed by atoms with Crippen LogP contribution in [0.15, 0.2) is 0 Å². The molecular weight excluding hydrogens is 211 g/mol. The Morgan fingerprint density at radius 2 is 1.47 bits per heavy atom. The van der Waals surface area contributed by atoms with Crippen LogP contribution in [0.5, 0.6) is 0 Å². The van der Waals surface area contributed by atoms with E-state index in [1.54, 1.807) is 0 Å². The van der Waals surface area contributed by atoms with Crippen LogP contribution in [0.1, 0.15) is 58.8 Å². The second kappa shape index (κ2) is 12.1. The van der Waals surface area contributed by atoms with E-state index in [1.165, 1.54) is 38.5 Å². The molecule has 0 aliphatic carbocycles. The van der Waals surface area contributed by atoms with Crippen molar-refractivity contribution in [1.29, 1.82) is 0 Å². The maximum Gasteiger partial charge on any atom is 0.697 e. The lowest BCUT2D eigenvalue weighted by Gasteiger charge is -1.98. The minimum absolute atomic E-state index is 0.451. The first kappa shape index (κ1) is 15.0. The van der Waals surface area contributed by atoms with Gasteiger partial charge in [-0.1, -0.05) is 45.4 Å². The third kappa shape index (κ3) is 11.9. The molecule has 1 atom stereocenters. The maximum absolute atomic E-state index is 10.9. The molecule has 0 fully saturated rings. The normalized spacial score (nSPS) is 11.7. The largest absolute Gasteiger partial charge is 0.697 e. The highest BCUT2D eigenvalue weighted by Gasteiger charge is 2.17. The van der Waals surface area contributed by atoms with Crippen molar-refractivity contribution >= 4 is 8.25 Å². The predicted molar refractivity (Wildman–Crippen MR) is 63.2 cm³/mol. The van der Waals surface area contributed by atoms with Gasteiger partial charge in [0.2, 0.25) is 0 Å². The van der Waals surface area contributed by atoms with E-state index < -0.39 is 8.25 Å². The van der Waals surface area contributed by atoms with Gasteiger partial charge in [-0.15, -0.1) is 9.05 Å². The van der Waals surface area contributed by atoms with E-state index in [0.717, 1.165) is 6.42 Å². The molecule has 0 aromatic carbocycles. The minimum Gasteiger partial charge on any atom is -0.119 e. The zero-order valence-electron chi connectivity index (χ0n) is 10.0. The van der Waals surface area contributed by atoms with Crippen LogP contribution in [0.3, 0.4) is 0 Å². The van der Waals surface area contributed by atoms with Gasteiger partial charge in [0.1, 0.15) is 13.2 Å². The average molecular weight is 235 g/mol. The van der Waals surface area contributed by atoms with Crippen molar-refractivity contribution in [2.24, 2.45) is 0 Å². The van der Waals surface area contributed by atoms with E-state index in [-0.39, 0.29) is 0 Å². The Bertz CT molecular complexity index is 151. The van der Waals surface area contributed by atoms with Gasteiger partial charge in [0.25, 0.3) is 0 Å². The zero-order chi connectivity index (χ0) is 11.4. The third-order valence-corrected chi connectivity index (χ3v) is 3.04. The molecule has 0 aliphatic rings. The molecule has 0 heterocycles. The Morgan fingerprint density at radius 3 is 2.07 bits per heavy atom. The van der Waals surface area contributed by atoms with Gasteiger partial charge in [0, 0.05) is 4.57 Å². The van der Waals surface area contributed by atoms with Gasteiger partial charge in [0.05, 0.1) is 0 Å². The van der Waals surface area contributed by atoms with Gasteiger partial charge in [-0.2, -0.15) is 0 Å². The topological polar surface area (TPSA) is 35.5 Å². The van der Waals surface area contributed by atoms with E-state index in [0.29, 0.717) is 13.2 Å². The molecule has 0 N–H and O–H groups in total.